The van der Waals surface area contributed by atoms with Gasteiger partial charge in [0.15, 0.2) is 0 Å². The highest BCUT2D eigenvalue weighted by molar-refractivity contribution is 5.92. The van der Waals surface area contributed by atoms with E-state index in [9.17, 15) is 9.59 Å². The molecule has 0 aliphatic heterocycles. The monoisotopic (exact) mass is 438 g/mol. The van der Waals surface area contributed by atoms with Crippen LogP contribution in [-0.2, 0) is 16.0 Å². The highest BCUT2D eigenvalue weighted by atomic mass is 16.5. The van der Waals surface area contributed by atoms with Crippen molar-refractivity contribution in [3.05, 3.63) is 53.6 Å². The molecule has 2 amide bonds. The van der Waals surface area contributed by atoms with Crippen LogP contribution >= 0.6 is 0 Å². The van der Waals surface area contributed by atoms with Gasteiger partial charge < -0.3 is 10.1 Å². The summed E-state index contributed by atoms with van der Waals surface area (Å²) in [5, 5.41) is 3.02. The average molecular weight is 439 g/mol. The molecule has 2 aromatic carbocycles. The van der Waals surface area contributed by atoms with Crippen molar-refractivity contribution in [1.29, 1.82) is 0 Å². The number of carbonyl (C=O) groups is 2. The summed E-state index contributed by atoms with van der Waals surface area (Å²) in [6.45, 7) is 7.22. The van der Waals surface area contributed by atoms with E-state index in [1.54, 1.807) is 11.9 Å². The van der Waals surface area contributed by atoms with Gasteiger partial charge in [-0.2, -0.15) is 0 Å². The van der Waals surface area contributed by atoms with Crippen LogP contribution in [0, 0.1) is 6.92 Å². The van der Waals surface area contributed by atoms with Crippen molar-refractivity contribution in [3.63, 3.8) is 0 Å². The average Bonchev–Trinajstić information content (AvgIpc) is 2.80. The number of benzene rings is 2. The molecule has 5 heteroatoms. The second-order valence-corrected chi connectivity index (χ2v) is 8.21. The van der Waals surface area contributed by atoms with Crippen LogP contribution in [0.4, 0.5) is 10.5 Å². The molecule has 0 unspecified atom stereocenters. The van der Waals surface area contributed by atoms with Gasteiger partial charge in [0.25, 0.3) is 0 Å². The van der Waals surface area contributed by atoms with E-state index < -0.39 is 0 Å². The maximum absolute atomic E-state index is 12.6. The zero-order valence-corrected chi connectivity index (χ0v) is 20.1. The lowest BCUT2D eigenvalue weighted by Gasteiger charge is -2.20. The summed E-state index contributed by atoms with van der Waals surface area (Å²) in [5.74, 6) is -0.164. The van der Waals surface area contributed by atoms with Gasteiger partial charge in [-0.15, -0.1) is 0 Å². The highest BCUT2D eigenvalue weighted by Gasteiger charge is 2.12. The SMILES string of the molecule is CCCCCCCNC(=O)N(C)c1ccc(C)c(-c2ccc(CCC(=O)OCC)cc2)c1. The number of urea groups is 1. The van der Waals surface area contributed by atoms with Crippen LogP contribution in [-0.4, -0.2) is 32.2 Å². The molecule has 174 valence electrons. The number of unbranched alkanes of at least 4 members (excludes halogenated alkanes) is 4. The molecule has 0 saturated carbocycles. The Morgan fingerprint density at radius 2 is 1.69 bits per heavy atom. The van der Waals surface area contributed by atoms with Crippen molar-refractivity contribution in [2.75, 3.05) is 25.1 Å². The Hall–Kier alpha value is -2.82. The standard InChI is InChI=1S/C27H38N2O3/c1-5-7-8-9-10-19-28-27(31)29(4)24-17-11-21(3)25(20-24)23-15-12-22(13-16-23)14-18-26(30)32-6-2/h11-13,15-17,20H,5-10,14,18-19H2,1-4H3,(H,28,31). The van der Waals surface area contributed by atoms with Crippen LogP contribution in [0.1, 0.15) is 63.5 Å². The van der Waals surface area contributed by atoms with Crippen molar-refractivity contribution in [1.82, 2.24) is 5.32 Å². The molecule has 2 rings (SSSR count). The largest absolute Gasteiger partial charge is 0.466 e. The fourth-order valence-electron chi connectivity index (χ4n) is 3.62. The Morgan fingerprint density at radius 3 is 2.38 bits per heavy atom. The Kier molecular flexibility index (Phi) is 10.8. The lowest BCUT2D eigenvalue weighted by Crippen LogP contribution is -2.37. The first kappa shape index (κ1) is 25.4. The second kappa shape index (κ2) is 13.6. The molecule has 0 aliphatic rings. The number of ether oxygens (including phenoxy) is 1. The van der Waals surface area contributed by atoms with Crippen LogP contribution < -0.4 is 10.2 Å². The molecule has 0 aliphatic carbocycles. The van der Waals surface area contributed by atoms with Gasteiger partial charge in [-0.3, -0.25) is 9.69 Å². The van der Waals surface area contributed by atoms with Gasteiger partial charge in [0.1, 0.15) is 0 Å². The predicted octanol–water partition coefficient (Wildman–Crippen LogP) is 6.27. The minimum absolute atomic E-state index is 0.0791. The minimum atomic E-state index is -0.164. The number of aryl methyl sites for hydroxylation is 2. The number of amides is 2. The van der Waals surface area contributed by atoms with Crippen LogP contribution in [0.3, 0.4) is 0 Å². The fraction of sp³-hybridized carbons (Fsp3) is 0.481. The lowest BCUT2D eigenvalue weighted by atomic mass is 9.97. The van der Waals surface area contributed by atoms with E-state index >= 15 is 0 Å². The maximum Gasteiger partial charge on any atom is 0.321 e. The Bertz CT molecular complexity index is 862. The van der Waals surface area contributed by atoms with E-state index in [2.05, 4.69) is 49.5 Å². The van der Waals surface area contributed by atoms with E-state index in [0.717, 1.165) is 40.8 Å². The van der Waals surface area contributed by atoms with Crippen LogP contribution in [0.25, 0.3) is 11.1 Å². The summed E-state index contributed by atoms with van der Waals surface area (Å²) >= 11 is 0. The number of rotatable bonds is 12. The Balaban J connectivity index is 1.99. The zero-order valence-electron chi connectivity index (χ0n) is 20.1. The summed E-state index contributed by atoms with van der Waals surface area (Å²) in [6.07, 6.45) is 6.93. The van der Waals surface area contributed by atoms with Gasteiger partial charge in [0.2, 0.25) is 0 Å². The molecule has 0 heterocycles. The quantitative estimate of drug-likeness (QED) is 0.314. The van der Waals surface area contributed by atoms with Gasteiger partial charge in [0, 0.05) is 25.7 Å². The number of carbonyl (C=O) groups excluding carboxylic acids is 2. The molecule has 0 fully saturated rings. The molecule has 0 bridgehead atoms. The number of anilines is 1. The number of hydrogen-bond acceptors (Lipinski definition) is 3. The molecule has 1 N–H and O–H groups in total. The number of nitrogens with one attached hydrogen (secondary N) is 1. The van der Waals surface area contributed by atoms with Crippen molar-refractivity contribution in [3.8, 4) is 11.1 Å². The number of hydrogen-bond donors (Lipinski definition) is 1. The first-order valence-corrected chi connectivity index (χ1v) is 11.8. The first-order valence-electron chi connectivity index (χ1n) is 11.8. The van der Waals surface area contributed by atoms with Crippen molar-refractivity contribution < 1.29 is 14.3 Å². The van der Waals surface area contributed by atoms with E-state index in [0.29, 0.717) is 26.0 Å². The third kappa shape index (κ3) is 8.03. The third-order valence-corrected chi connectivity index (χ3v) is 5.66. The minimum Gasteiger partial charge on any atom is -0.466 e. The van der Waals surface area contributed by atoms with Gasteiger partial charge >= 0.3 is 12.0 Å². The van der Waals surface area contributed by atoms with Gasteiger partial charge in [-0.05, 0) is 61.1 Å². The summed E-state index contributed by atoms with van der Waals surface area (Å²) in [5.41, 5.74) is 5.30. The number of nitrogens with zero attached hydrogens (tertiary/aromatic N) is 1. The molecule has 5 nitrogen and oxygen atoms in total. The predicted molar refractivity (Wildman–Crippen MR) is 132 cm³/mol. The molecule has 0 radical (unpaired) electrons. The third-order valence-electron chi connectivity index (χ3n) is 5.66. The second-order valence-electron chi connectivity index (χ2n) is 8.21. The van der Waals surface area contributed by atoms with Gasteiger partial charge in [0.05, 0.1) is 6.61 Å². The fourth-order valence-corrected chi connectivity index (χ4v) is 3.62. The molecule has 0 saturated heterocycles. The Labute approximate surface area is 193 Å². The Morgan fingerprint density at radius 1 is 0.969 bits per heavy atom. The molecule has 0 aromatic heterocycles. The number of esters is 1. The molecular weight excluding hydrogens is 400 g/mol. The molecule has 2 aromatic rings. The summed E-state index contributed by atoms with van der Waals surface area (Å²) in [7, 11) is 1.80. The van der Waals surface area contributed by atoms with Crippen molar-refractivity contribution in [2.45, 2.75) is 65.7 Å². The zero-order chi connectivity index (χ0) is 23.3. The maximum atomic E-state index is 12.6. The lowest BCUT2D eigenvalue weighted by molar-refractivity contribution is -0.143. The van der Waals surface area contributed by atoms with Crippen molar-refractivity contribution >= 4 is 17.7 Å². The van der Waals surface area contributed by atoms with Crippen molar-refractivity contribution in [2.24, 2.45) is 0 Å². The van der Waals surface area contributed by atoms with E-state index in [4.69, 9.17) is 4.74 Å². The van der Waals surface area contributed by atoms with E-state index in [1.807, 2.05) is 19.1 Å². The molecule has 0 spiro atoms. The highest BCUT2D eigenvalue weighted by Crippen LogP contribution is 2.28. The van der Waals surface area contributed by atoms with Crippen LogP contribution in [0.15, 0.2) is 42.5 Å². The van der Waals surface area contributed by atoms with Gasteiger partial charge in [-0.1, -0.05) is 62.9 Å². The smallest absolute Gasteiger partial charge is 0.321 e. The van der Waals surface area contributed by atoms with Crippen LogP contribution in [0.2, 0.25) is 0 Å². The topological polar surface area (TPSA) is 58.6 Å². The molecular formula is C27H38N2O3. The summed E-state index contributed by atoms with van der Waals surface area (Å²) in [4.78, 5) is 25.8. The normalized spacial score (nSPS) is 10.6. The van der Waals surface area contributed by atoms with E-state index in [-0.39, 0.29) is 12.0 Å². The first-order chi connectivity index (χ1) is 15.5. The van der Waals surface area contributed by atoms with E-state index in [1.165, 1.54) is 19.3 Å². The van der Waals surface area contributed by atoms with Crippen LogP contribution in [0.5, 0.6) is 0 Å². The molecule has 0 atom stereocenters. The van der Waals surface area contributed by atoms with Gasteiger partial charge in [-0.25, -0.2) is 4.79 Å². The molecule has 32 heavy (non-hydrogen) atoms. The summed E-state index contributed by atoms with van der Waals surface area (Å²) in [6, 6.07) is 14.3. The summed E-state index contributed by atoms with van der Waals surface area (Å²) < 4.78 is 5.00.